The molecular formula is C57H43N. The van der Waals surface area contributed by atoms with Crippen LogP contribution in [0.5, 0.6) is 0 Å². The third-order valence-corrected chi connectivity index (χ3v) is 13.8. The predicted octanol–water partition coefficient (Wildman–Crippen LogP) is 14.1. The van der Waals surface area contributed by atoms with Crippen molar-refractivity contribution in [2.45, 2.75) is 43.1 Å². The summed E-state index contributed by atoms with van der Waals surface area (Å²) in [4.78, 5) is 2.63. The molecule has 0 saturated carbocycles. The average Bonchev–Trinajstić information content (AvgIpc) is 3.89. The Hall–Kier alpha value is -6.70. The summed E-state index contributed by atoms with van der Waals surface area (Å²) in [7, 11) is 0. The molecule has 1 unspecified atom stereocenters. The first-order valence-corrected chi connectivity index (χ1v) is 20.8. The van der Waals surface area contributed by atoms with Crippen molar-refractivity contribution in [3.05, 3.63) is 250 Å². The Morgan fingerprint density at radius 1 is 0.552 bits per heavy atom. The zero-order valence-corrected chi connectivity index (χ0v) is 32.9. The second-order valence-corrected chi connectivity index (χ2v) is 17.2. The Morgan fingerprint density at radius 2 is 1.24 bits per heavy atom. The van der Waals surface area contributed by atoms with Gasteiger partial charge in [-0.2, -0.15) is 0 Å². The van der Waals surface area contributed by atoms with Crippen molar-refractivity contribution in [3.8, 4) is 11.1 Å². The Balaban J connectivity index is 1.09. The highest BCUT2D eigenvalue weighted by Crippen LogP contribution is 2.66. The number of anilines is 2. The normalized spacial score (nSPS) is 19.8. The van der Waals surface area contributed by atoms with Crippen LogP contribution in [0.1, 0.15) is 65.6 Å². The highest BCUT2D eigenvalue weighted by molar-refractivity contribution is 6.01. The number of fused-ring (bicyclic) bond motifs is 8. The molecule has 58 heavy (non-hydrogen) atoms. The third-order valence-electron chi connectivity index (χ3n) is 13.8. The van der Waals surface area contributed by atoms with E-state index in [0.29, 0.717) is 0 Å². The Bertz CT molecular complexity index is 2980. The lowest BCUT2D eigenvalue weighted by molar-refractivity contribution is 0.659. The van der Waals surface area contributed by atoms with Crippen LogP contribution in [0.25, 0.3) is 33.0 Å². The lowest BCUT2D eigenvalue weighted by Gasteiger charge is -2.40. The van der Waals surface area contributed by atoms with Crippen molar-refractivity contribution in [2.24, 2.45) is 0 Å². The summed E-state index contributed by atoms with van der Waals surface area (Å²) < 4.78 is 0. The van der Waals surface area contributed by atoms with Crippen LogP contribution in [0.15, 0.2) is 211 Å². The number of hydrogen-bond acceptors (Lipinski definition) is 1. The van der Waals surface area contributed by atoms with Crippen molar-refractivity contribution in [1.29, 1.82) is 0 Å². The smallest absolute Gasteiger partial charge is 0.108 e. The van der Waals surface area contributed by atoms with Crippen LogP contribution in [0.3, 0.4) is 0 Å². The van der Waals surface area contributed by atoms with Crippen molar-refractivity contribution in [1.82, 2.24) is 0 Å². The van der Waals surface area contributed by atoms with Gasteiger partial charge in [-0.25, -0.2) is 0 Å². The van der Waals surface area contributed by atoms with Gasteiger partial charge in [0.05, 0.1) is 5.41 Å². The van der Waals surface area contributed by atoms with Gasteiger partial charge in [0, 0.05) is 16.8 Å². The summed E-state index contributed by atoms with van der Waals surface area (Å²) in [6.45, 7) is 4.77. The minimum absolute atomic E-state index is 0.114. The molecule has 0 amide bonds. The largest absolute Gasteiger partial charge is 0.324 e. The fraction of sp³-hybridized carbons (Fsp3) is 0.123. The van der Waals surface area contributed by atoms with Gasteiger partial charge in [0.15, 0.2) is 0 Å². The molecule has 7 aromatic carbocycles. The second-order valence-electron chi connectivity index (χ2n) is 17.2. The molecule has 1 atom stereocenters. The van der Waals surface area contributed by atoms with Gasteiger partial charge in [0.2, 0.25) is 0 Å². The quantitative estimate of drug-likeness (QED) is 0.164. The maximum atomic E-state index is 2.63. The molecule has 0 saturated heterocycles. The molecule has 12 rings (SSSR count). The van der Waals surface area contributed by atoms with E-state index < -0.39 is 11.0 Å². The number of benzene rings is 7. The van der Waals surface area contributed by atoms with Crippen molar-refractivity contribution >= 4 is 33.3 Å². The standard InChI is InChI=1S/C57H43N/c1-55(2)50-25-15-14-24-46(50)47-30-29-45(36-52(47)55)58(44-28-26-39-18-12-13-19-40(39)34-44)56-33-32-48-49-35-41(38-16-6-3-7-17-38)27-31-51(49)57(54(48)53(56)37-56,42-20-8-4-9-21-42)43-22-10-5-11-23-43/h3-6,8-16,18-37H,7,17H2,1-2H3. The first-order chi connectivity index (χ1) is 28.5. The monoisotopic (exact) mass is 741 g/mol. The minimum Gasteiger partial charge on any atom is -0.324 e. The van der Waals surface area contributed by atoms with Gasteiger partial charge in [-0.05, 0) is 138 Å². The SMILES string of the molecule is CC1(C)c2ccccc2-c2ccc(N(c3ccc4ccccc4c3)C34C=CC5=C(C3=C4)C(c3ccccc3)(c3ccccc3)c3ccc(C4=CC=CCC4)cc35)cc21. The molecule has 0 bridgehead atoms. The lowest BCUT2D eigenvalue weighted by Crippen LogP contribution is -2.39. The van der Waals surface area contributed by atoms with E-state index in [0.717, 1.165) is 12.8 Å². The van der Waals surface area contributed by atoms with Crippen molar-refractivity contribution in [3.63, 3.8) is 0 Å². The number of hydrogen-bond donors (Lipinski definition) is 0. The average molecular weight is 742 g/mol. The van der Waals surface area contributed by atoms with Crippen LogP contribution in [-0.2, 0) is 10.8 Å². The zero-order valence-electron chi connectivity index (χ0n) is 32.9. The molecule has 1 heteroatoms. The lowest BCUT2D eigenvalue weighted by atomic mass is 9.65. The molecule has 0 heterocycles. The van der Waals surface area contributed by atoms with Crippen molar-refractivity contribution < 1.29 is 0 Å². The van der Waals surface area contributed by atoms with Crippen LogP contribution in [0.2, 0.25) is 0 Å². The fourth-order valence-corrected chi connectivity index (χ4v) is 11.1. The van der Waals surface area contributed by atoms with Crippen LogP contribution >= 0.6 is 0 Å². The van der Waals surface area contributed by atoms with E-state index in [1.54, 1.807) is 0 Å². The number of allylic oxidation sites excluding steroid dienone is 6. The summed E-state index contributed by atoms with van der Waals surface area (Å²) in [6, 6.07) is 61.8. The molecule has 276 valence electrons. The van der Waals surface area contributed by atoms with Gasteiger partial charge in [0.25, 0.3) is 0 Å². The van der Waals surface area contributed by atoms with Gasteiger partial charge in [0.1, 0.15) is 5.54 Å². The summed E-state index contributed by atoms with van der Waals surface area (Å²) in [5, 5.41) is 2.49. The van der Waals surface area contributed by atoms with Crippen LogP contribution in [0, 0.1) is 0 Å². The van der Waals surface area contributed by atoms with E-state index in [1.807, 2.05) is 0 Å². The van der Waals surface area contributed by atoms with Crippen LogP contribution < -0.4 is 4.90 Å². The molecular weight excluding hydrogens is 699 g/mol. The fourth-order valence-electron chi connectivity index (χ4n) is 11.1. The van der Waals surface area contributed by atoms with E-state index >= 15 is 0 Å². The van der Waals surface area contributed by atoms with Gasteiger partial charge < -0.3 is 4.90 Å². The third kappa shape index (κ3) is 4.53. The highest BCUT2D eigenvalue weighted by atomic mass is 15.2. The van der Waals surface area contributed by atoms with Crippen LogP contribution in [0.4, 0.5) is 11.4 Å². The van der Waals surface area contributed by atoms with Crippen LogP contribution in [-0.4, -0.2) is 5.54 Å². The second kappa shape index (κ2) is 12.2. The molecule has 0 fully saturated rings. The summed E-state index contributed by atoms with van der Waals surface area (Å²) >= 11 is 0. The maximum absolute atomic E-state index is 2.63. The summed E-state index contributed by atoms with van der Waals surface area (Å²) in [5.74, 6) is 0. The number of nitrogens with zero attached hydrogens (tertiary/aromatic N) is 1. The molecule has 1 nitrogen and oxygen atoms in total. The molecule has 0 spiro atoms. The molecule has 5 aliphatic carbocycles. The molecule has 5 aliphatic rings. The predicted molar refractivity (Wildman–Crippen MR) is 243 cm³/mol. The molecule has 0 N–H and O–H groups in total. The van der Waals surface area contributed by atoms with E-state index in [4.69, 9.17) is 0 Å². The van der Waals surface area contributed by atoms with E-state index in [9.17, 15) is 0 Å². The Labute approximate surface area is 341 Å². The molecule has 0 aromatic heterocycles. The Kier molecular flexibility index (Phi) is 7.01. The van der Waals surface area contributed by atoms with Gasteiger partial charge >= 0.3 is 0 Å². The molecule has 0 aliphatic heterocycles. The molecule has 7 aromatic rings. The van der Waals surface area contributed by atoms with Gasteiger partial charge in [-0.3, -0.25) is 0 Å². The summed E-state index contributed by atoms with van der Waals surface area (Å²) in [5.41, 5.74) is 18.9. The Morgan fingerprint density at radius 3 is 2.02 bits per heavy atom. The topological polar surface area (TPSA) is 3.24 Å². The maximum Gasteiger partial charge on any atom is 0.108 e. The van der Waals surface area contributed by atoms with Gasteiger partial charge in [-0.15, -0.1) is 0 Å². The molecule has 0 radical (unpaired) electrons. The highest BCUT2D eigenvalue weighted by Gasteiger charge is 2.60. The number of rotatable bonds is 6. The van der Waals surface area contributed by atoms with E-state index in [1.165, 1.54) is 94.5 Å². The van der Waals surface area contributed by atoms with E-state index in [-0.39, 0.29) is 5.41 Å². The van der Waals surface area contributed by atoms with Crippen molar-refractivity contribution in [2.75, 3.05) is 4.90 Å². The zero-order chi connectivity index (χ0) is 38.6. The van der Waals surface area contributed by atoms with E-state index in [2.05, 4.69) is 219 Å². The minimum atomic E-state index is -0.498. The summed E-state index contributed by atoms with van der Waals surface area (Å²) in [6.07, 6.45) is 16.5. The first kappa shape index (κ1) is 33.4. The van der Waals surface area contributed by atoms with Gasteiger partial charge in [-0.1, -0.05) is 172 Å². The first-order valence-electron chi connectivity index (χ1n) is 20.8.